The fourth-order valence-corrected chi connectivity index (χ4v) is 2.95. The van der Waals surface area contributed by atoms with Crippen LogP contribution in [-0.4, -0.2) is 23.6 Å². The van der Waals surface area contributed by atoms with E-state index >= 15 is 0 Å². The standard InChI is InChI=1S/C19H25NO2/c1-5-12-19(17-10-8-7-9-11-17)13-14-20(18(21)22-19)16(4)15(3)6-2/h5-11,16H,1,12-14H2,2-4H3. The number of nitrogens with zero attached hydrogens (tertiary/aromatic N) is 1. The lowest BCUT2D eigenvalue weighted by Crippen LogP contribution is -2.51. The van der Waals surface area contributed by atoms with Crippen LogP contribution in [0.5, 0.6) is 0 Å². The van der Waals surface area contributed by atoms with E-state index in [-0.39, 0.29) is 12.1 Å². The summed E-state index contributed by atoms with van der Waals surface area (Å²) in [6.07, 6.45) is 5.03. The molecule has 0 radical (unpaired) electrons. The summed E-state index contributed by atoms with van der Waals surface area (Å²) in [5.41, 5.74) is 1.63. The van der Waals surface area contributed by atoms with Crippen LogP contribution in [0.1, 0.15) is 39.2 Å². The molecule has 1 saturated heterocycles. The predicted octanol–water partition coefficient (Wildman–Crippen LogP) is 4.66. The lowest BCUT2D eigenvalue weighted by atomic mass is 9.85. The van der Waals surface area contributed by atoms with Gasteiger partial charge >= 0.3 is 6.09 Å². The second-order valence-corrected chi connectivity index (χ2v) is 5.87. The highest BCUT2D eigenvalue weighted by Gasteiger charge is 2.42. The second kappa shape index (κ2) is 6.82. The zero-order valence-electron chi connectivity index (χ0n) is 13.7. The first-order valence-corrected chi connectivity index (χ1v) is 7.83. The molecule has 0 spiro atoms. The topological polar surface area (TPSA) is 29.5 Å². The zero-order valence-corrected chi connectivity index (χ0v) is 13.7. The van der Waals surface area contributed by atoms with Crippen molar-refractivity contribution in [3.05, 3.63) is 60.2 Å². The van der Waals surface area contributed by atoms with Crippen molar-refractivity contribution in [3.63, 3.8) is 0 Å². The molecule has 1 aliphatic rings. The monoisotopic (exact) mass is 299 g/mol. The number of ether oxygens (including phenoxy) is 1. The summed E-state index contributed by atoms with van der Waals surface area (Å²) in [7, 11) is 0. The van der Waals surface area contributed by atoms with Crippen LogP contribution in [0.2, 0.25) is 0 Å². The van der Waals surface area contributed by atoms with Crippen LogP contribution < -0.4 is 0 Å². The summed E-state index contributed by atoms with van der Waals surface area (Å²) in [4.78, 5) is 14.4. The Morgan fingerprint density at radius 3 is 2.68 bits per heavy atom. The van der Waals surface area contributed by atoms with E-state index in [4.69, 9.17) is 4.74 Å². The second-order valence-electron chi connectivity index (χ2n) is 5.87. The van der Waals surface area contributed by atoms with Gasteiger partial charge in [0, 0.05) is 19.4 Å². The largest absolute Gasteiger partial charge is 0.437 e. The van der Waals surface area contributed by atoms with E-state index in [1.165, 1.54) is 5.57 Å². The van der Waals surface area contributed by atoms with Gasteiger partial charge in [0.2, 0.25) is 0 Å². The average molecular weight is 299 g/mol. The van der Waals surface area contributed by atoms with Crippen LogP contribution in [-0.2, 0) is 10.3 Å². The number of carbonyl (C=O) groups is 1. The van der Waals surface area contributed by atoms with E-state index in [0.29, 0.717) is 13.0 Å². The van der Waals surface area contributed by atoms with Crippen molar-refractivity contribution in [2.45, 2.75) is 45.3 Å². The van der Waals surface area contributed by atoms with Crippen molar-refractivity contribution < 1.29 is 9.53 Å². The van der Waals surface area contributed by atoms with Gasteiger partial charge in [-0.25, -0.2) is 4.79 Å². The first kappa shape index (κ1) is 16.3. The molecule has 0 bridgehead atoms. The summed E-state index contributed by atoms with van der Waals surface area (Å²) >= 11 is 0. The van der Waals surface area contributed by atoms with Crippen LogP contribution >= 0.6 is 0 Å². The lowest BCUT2D eigenvalue weighted by Gasteiger charge is -2.43. The van der Waals surface area contributed by atoms with Crippen molar-refractivity contribution in [1.29, 1.82) is 0 Å². The molecular weight excluding hydrogens is 274 g/mol. The molecule has 0 N–H and O–H groups in total. The van der Waals surface area contributed by atoms with Gasteiger partial charge in [0.05, 0.1) is 6.04 Å². The van der Waals surface area contributed by atoms with Crippen LogP contribution in [0.15, 0.2) is 54.6 Å². The Kier molecular flexibility index (Phi) is 5.07. The van der Waals surface area contributed by atoms with E-state index in [1.54, 1.807) is 4.90 Å². The van der Waals surface area contributed by atoms with Crippen molar-refractivity contribution in [2.24, 2.45) is 0 Å². The Hall–Kier alpha value is -2.03. The highest BCUT2D eigenvalue weighted by molar-refractivity contribution is 5.70. The third-order valence-corrected chi connectivity index (χ3v) is 4.63. The third-order valence-electron chi connectivity index (χ3n) is 4.63. The van der Waals surface area contributed by atoms with Crippen LogP contribution in [0.4, 0.5) is 4.79 Å². The molecule has 1 fully saturated rings. The molecule has 1 aromatic rings. The molecule has 2 unspecified atom stereocenters. The van der Waals surface area contributed by atoms with E-state index in [2.05, 4.69) is 6.58 Å². The van der Waals surface area contributed by atoms with E-state index < -0.39 is 5.60 Å². The number of hydrogen-bond donors (Lipinski definition) is 0. The number of carbonyl (C=O) groups excluding carboxylic acids is 1. The fraction of sp³-hybridized carbons (Fsp3) is 0.421. The minimum atomic E-state index is -0.583. The molecule has 118 valence electrons. The number of cyclic esters (lactones) is 1. The quantitative estimate of drug-likeness (QED) is 0.740. The van der Waals surface area contributed by atoms with Gasteiger partial charge in [0.1, 0.15) is 5.60 Å². The third kappa shape index (κ3) is 3.08. The van der Waals surface area contributed by atoms with E-state index in [0.717, 1.165) is 12.0 Å². The predicted molar refractivity (Wildman–Crippen MR) is 89.6 cm³/mol. The van der Waals surface area contributed by atoms with Crippen molar-refractivity contribution in [2.75, 3.05) is 6.54 Å². The lowest BCUT2D eigenvalue weighted by molar-refractivity contribution is -0.0558. The van der Waals surface area contributed by atoms with Gasteiger partial charge in [-0.1, -0.05) is 48.1 Å². The molecule has 0 saturated carbocycles. The van der Waals surface area contributed by atoms with Crippen molar-refractivity contribution in [3.8, 4) is 0 Å². The Morgan fingerprint density at radius 1 is 1.45 bits per heavy atom. The van der Waals surface area contributed by atoms with Crippen molar-refractivity contribution >= 4 is 6.09 Å². The molecule has 3 heteroatoms. The number of benzene rings is 1. The number of allylic oxidation sites excluding steroid dienone is 1. The van der Waals surface area contributed by atoms with Gasteiger partial charge in [-0.15, -0.1) is 6.58 Å². The normalized spacial score (nSPS) is 23.9. The van der Waals surface area contributed by atoms with Crippen LogP contribution in [0, 0.1) is 0 Å². The van der Waals surface area contributed by atoms with E-state index in [1.807, 2.05) is 63.3 Å². The Labute approximate surface area is 133 Å². The SMILES string of the molecule is C=CCC1(c2ccccc2)CCN(C(C)C(C)=CC)C(=O)O1. The summed E-state index contributed by atoms with van der Waals surface area (Å²) in [5, 5.41) is 0. The molecule has 1 amide bonds. The first-order valence-electron chi connectivity index (χ1n) is 7.83. The number of hydrogen-bond acceptors (Lipinski definition) is 2. The maximum atomic E-state index is 12.6. The molecule has 2 rings (SSSR count). The van der Waals surface area contributed by atoms with Gasteiger partial charge in [-0.3, -0.25) is 0 Å². The molecule has 0 aliphatic carbocycles. The summed E-state index contributed by atoms with van der Waals surface area (Å²) in [5.74, 6) is 0. The molecule has 1 aliphatic heterocycles. The van der Waals surface area contributed by atoms with Gasteiger partial charge in [0.15, 0.2) is 0 Å². The summed E-state index contributed by atoms with van der Waals surface area (Å²) in [6, 6.07) is 10.0. The molecule has 3 nitrogen and oxygen atoms in total. The Bertz CT molecular complexity index is 564. The summed E-state index contributed by atoms with van der Waals surface area (Å²) < 4.78 is 5.92. The number of amides is 1. The number of rotatable bonds is 5. The van der Waals surface area contributed by atoms with E-state index in [9.17, 15) is 4.79 Å². The highest BCUT2D eigenvalue weighted by atomic mass is 16.6. The molecule has 22 heavy (non-hydrogen) atoms. The minimum Gasteiger partial charge on any atom is -0.437 e. The highest BCUT2D eigenvalue weighted by Crippen LogP contribution is 2.38. The van der Waals surface area contributed by atoms with Gasteiger partial charge in [0.25, 0.3) is 0 Å². The van der Waals surface area contributed by atoms with Crippen LogP contribution in [0.25, 0.3) is 0 Å². The zero-order chi connectivity index (χ0) is 16.2. The Balaban J connectivity index is 2.25. The first-order chi connectivity index (χ1) is 10.5. The molecule has 0 aromatic heterocycles. The van der Waals surface area contributed by atoms with Crippen LogP contribution in [0.3, 0.4) is 0 Å². The molecule has 1 aromatic carbocycles. The molecular formula is C19H25NO2. The smallest absolute Gasteiger partial charge is 0.411 e. The summed E-state index contributed by atoms with van der Waals surface area (Å²) in [6.45, 7) is 10.6. The Morgan fingerprint density at radius 2 is 2.14 bits per heavy atom. The maximum Gasteiger partial charge on any atom is 0.411 e. The van der Waals surface area contributed by atoms with Crippen molar-refractivity contribution in [1.82, 2.24) is 4.90 Å². The fourth-order valence-electron chi connectivity index (χ4n) is 2.95. The molecule has 2 atom stereocenters. The van der Waals surface area contributed by atoms with Gasteiger partial charge < -0.3 is 9.64 Å². The van der Waals surface area contributed by atoms with Gasteiger partial charge in [-0.2, -0.15) is 0 Å². The maximum absolute atomic E-state index is 12.6. The molecule has 1 heterocycles. The minimum absolute atomic E-state index is 0.0648. The van der Waals surface area contributed by atoms with Gasteiger partial charge in [-0.05, 0) is 26.3 Å². The average Bonchev–Trinajstić information content (AvgIpc) is 2.54.